The summed E-state index contributed by atoms with van der Waals surface area (Å²) in [4.78, 5) is 14.4. The van der Waals surface area contributed by atoms with Crippen molar-refractivity contribution < 1.29 is 19.1 Å². The zero-order valence-corrected chi connectivity index (χ0v) is 17.2. The summed E-state index contributed by atoms with van der Waals surface area (Å²) in [5.41, 5.74) is 1.87. The zero-order valence-electron chi connectivity index (χ0n) is 16.3. The van der Waals surface area contributed by atoms with E-state index in [4.69, 9.17) is 4.52 Å². The van der Waals surface area contributed by atoms with Crippen LogP contribution >= 0.6 is 7.37 Å². The molecule has 1 fully saturated rings. The predicted molar refractivity (Wildman–Crippen MR) is 108 cm³/mol. The van der Waals surface area contributed by atoms with Crippen LogP contribution in [0.25, 0.3) is 11.4 Å². The van der Waals surface area contributed by atoms with Crippen molar-refractivity contribution in [3.8, 4) is 11.4 Å². The van der Waals surface area contributed by atoms with E-state index in [9.17, 15) is 14.6 Å². The Bertz CT molecular complexity index is 778. The van der Waals surface area contributed by atoms with E-state index in [1.165, 1.54) is 12.8 Å². The number of benzene rings is 1. The van der Waals surface area contributed by atoms with Crippen LogP contribution in [0.1, 0.15) is 50.6 Å². The van der Waals surface area contributed by atoms with Crippen molar-refractivity contribution in [2.45, 2.75) is 51.2 Å². The lowest BCUT2D eigenvalue weighted by Gasteiger charge is -2.25. The molecular formula is C20H30N3O4P. The first-order valence-corrected chi connectivity index (χ1v) is 12.0. The second-order valence-electron chi connectivity index (χ2n) is 7.88. The van der Waals surface area contributed by atoms with Gasteiger partial charge in [-0.05, 0) is 37.3 Å². The molecule has 1 aliphatic carbocycles. The third kappa shape index (κ3) is 6.24. The number of aliphatic hydroxyl groups excluding tert-OH is 1. The average molecular weight is 407 g/mol. The molecule has 1 aliphatic rings. The number of aromatic nitrogens is 2. The van der Waals surface area contributed by atoms with E-state index in [0.29, 0.717) is 17.9 Å². The summed E-state index contributed by atoms with van der Waals surface area (Å²) < 4.78 is 17.3. The van der Waals surface area contributed by atoms with Gasteiger partial charge in [-0.1, -0.05) is 42.6 Å². The van der Waals surface area contributed by atoms with Crippen LogP contribution in [0.3, 0.4) is 0 Å². The van der Waals surface area contributed by atoms with Gasteiger partial charge in [0.15, 0.2) is 0 Å². The van der Waals surface area contributed by atoms with Crippen molar-refractivity contribution in [3.05, 3.63) is 36.2 Å². The first kappa shape index (κ1) is 21.2. The lowest BCUT2D eigenvalue weighted by molar-refractivity contribution is 0.186. The molecule has 2 aromatic rings. The van der Waals surface area contributed by atoms with Gasteiger partial charge in [0.2, 0.25) is 19.6 Å². The maximum atomic E-state index is 12.5. The summed E-state index contributed by atoms with van der Waals surface area (Å²) in [6, 6.07) is 7.74. The Morgan fingerprint density at radius 2 is 2.11 bits per heavy atom. The fraction of sp³-hybridized carbons (Fsp3) is 0.600. The van der Waals surface area contributed by atoms with Gasteiger partial charge >= 0.3 is 0 Å². The molecule has 1 saturated carbocycles. The Kier molecular flexibility index (Phi) is 7.41. The summed E-state index contributed by atoms with van der Waals surface area (Å²) in [6.07, 6.45) is 6.33. The third-order valence-electron chi connectivity index (χ3n) is 5.43. The lowest BCUT2D eigenvalue weighted by atomic mass is 9.91. The van der Waals surface area contributed by atoms with Crippen LogP contribution in [-0.2, 0) is 4.57 Å². The molecule has 0 aliphatic heterocycles. The fourth-order valence-electron chi connectivity index (χ4n) is 3.92. The molecule has 3 rings (SSSR count). The van der Waals surface area contributed by atoms with Crippen LogP contribution in [0.15, 0.2) is 35.2 Å². The molecule has 0 radical (unpaired) electrons. The van der Waals surface area contributed by atoms with Crippen molar-refractivity contribution in [2.24, 2.45) is 5.92 Å². The number of aliphatic hydroxyl groups is 1. The van der Waals surface area contributed by atoms with Crippen molar-refractivity contribution in [3.63, 3.8) is 0 Å². The van der Waals surface area contributed by atoms with Gasteiger partial charge in [0.1, 0.15) is 0 Å². The molecule has 1 aromatic heterocycles. The van der Waals surface area contributed by atoms with E-state index in [2.05, 4.69) is 15.5 Å². The molecular weight excluding hydrogens is 377 g/mol. The van der Waals surface area contributed by atoms with E-state index < -0.39 is 13.5 Å². The standard InChI is InChI=1S/C20H30N3O4P/c1-15(17-8-5-9-18(10-17)20-22-14-27-23-20)21-11-19(24)13-28(25,26)12-16-6-3-2-4-7-16/h5,8-10,14-16,19,21,24H,2-4,6-7,11-13H2,1H3,(H,25,26)/t15?,19-/m1/s1. The maximum absolute atomic E-state index is 12.5. The van der Waals surface area contributed by atoms with E-state index in [1.807, 2.05) is 31.2 Å². The van der Waals surface area contributed by atoms with Crippen molar-refractivity contribution in [1.29, 1.82) is 0 Å². The molecule has 0 bridgehead atoms. The van der Waals surface area contributed by atoms with Crippen LogP contribution in [-0.4, -0.2) is 45.1 Å². The second kappa shape index (κ2) is 9.79. The Labute approximate surface area is 166 Å². The van der Waals surface area contributed by atoms with Gasteiger partial charge in [-0.25, -0.2) is 0 Å². The van der Waals surface area contributed by atoms with Gasteiger partial charge in [-0.2, -0.15) is 4.98 Å². The molecule has 3 atom stereocenters. The highest BCUT2D eigenvalue weighted by Gasteiger charge is 2.28. The minimum atomic E-state index is -3.31. The number of rotatable bonds is 9. The summed E-state index contributed by atoms with van der Waals surface area (Å²) in [5.74, 6) is 0.856. The number of nitrogens with zero attached hydrogens (tertiary/aromatic N) is 2. The van der Waals surface area contributed by atoms with Crippen molar-refractivity contribution >= 4 is 7.37 Å². The highest BCUT2D eigenvalue weighted by atomic mass is 31.2. The van der Waals surface area contributed by atoms with Gasteiger partial charge < -0.3 is 19.8 Å². The Balaban J connectivity index is 1.49. The van der Waals surface area contributed by atoms with Crippen LogP contribution in [0.4, 0.5) is 0 Å². The van der Waals surface area contributed by atoms with Gasteiger partial charge in [0.25, 0.3) is 0 Å². The van der Waals surface area contributed by atoms with Gasteiger partial charge in [0, 0.05) is 24.3 Å². The number of hydrogen-bond acceptors (Lipinski definition) is 6. The minimum absolute atomic E-state index is 0.0297. The van der Waals surface area contributed by atoms with Crippen LogP contribution in [0.2, 0.25) is 0 Å². The van der Waals surface area contributed by atoms with E-state index in [1.54, 1.807) is 0 Å². The molecule has 0 spiro atoms. The maximum Gasteiger partial charge on any atom is 0.214 e. The van der Waals surface area contributed by atoms with E-state index >= 15 is 0 Å². The smallest absolute Gasteiger partial charge is 0.214 e. The SMILES string of the molecule is CC(NC[C@@H](O)CP(=O)(O)CC1CCCCC1)c1cccc(-c2ncon2)c1. The highest BCUT2D eigenvalue weighted by molar-refractivity contribution is 7.58. The molecule has 7 nitrogen and oxygen atoms in total. The minimum Gasteiger partial charge on any atom is -0.391 e. The molecule has 1 heterocycles. The van der Waals surface area contributed by atoms with Crippen LogP contribution in [0.5, 0.6) is 0 Å². The molecule has 2 unspecified atom stereocenters. The third-order valence-corrected chi connectivity index (χ3v) is 7.51. The highest BCUT2D eigenvalue weighted by Crippen LogP contribution is 2.45. The fourth-order valence-corrected chi connectivity index (χ4v) is 6.03. The monoisotopic (exact) mass is 407 g/mol. The summed E-state index contributed by atoms with van der Waals surface area (Å²) in [7, 11) is -3.31. The zero-order chi connectivity index (χ0) is 20.0. The molecule has 28 heavy (non-hydrogen) atoms. The van der Waals surface area contributed by atoms with Crippen molar-refractivity contribution in [2.75, 3.05) is 18.9 Å². The van der Waals surface area contributed by atoms with Gasteiger partial charge in [-0.15, -0.1) is 0 Å². The second-order valence-corrected chi connectivity index (χ2v) is 10.3. The normalized spacial score (nSPS) is 19.8. The Hall–Kier alpha value is -1.53. The van der Waals surface area contributed by atoms with Gasteiger partial charge in [-0.3, -0.25) is 4.57 Å². The average Bonchev–Trinajstić information content (AvgIpc) is 3.21. The lowest BCUT2D eigenvalue weighted by Crippen LogP contribution is -2.32. The molecule has 1 aromatic carbocycles. The van der Waals surface area contributed by atoms with E-state index in [0.717, 1.165) is 36.8 Å². The molecule has 0 saturated heterocycles. The van der Waals surface area contributed by atoms with Crippen LogP contribution in [0, 0.1) is 5.92 Å². The number of nitrogens with one attached hydrogen (secondary N) is 1. The van der Waals surface area contributed by atoms with Crippen molar-refractivity contribution in [1.82, 2.24) is 15.5 Å². The quantitative estimate of drug-likeness (QED) is 0.545. The number of hydrogen-bond donors (Lipinski definition) is 3. The van der Waals surface area contributed by atoms with Crippen LogP contribution < -0.4 is 5.32 Å². The van der Waals surface area contributed by atoms with Gasteiger partial charge in [0.05, 0.1) is 12.3 Å². The Morgan fingerprint density at radius 1 is 1.32 bits per heavy atom. The molecule has 3 N–H and O–H groups in total. The summed E-state index contributed by atoms with van der Waals surface area (Å²) in [5, 5.41) is 17.4. The Morgan fingerprint density at radius 3 is 2.82 bits per heavy atom. The first-order chi connectivity index (χ1) is 13.4. The molecule has 154 valence electrons. The predicted octanol–water partition coefficient (Wildman–Crippen LogP) is 3.60. The molecule has 0 amide bonds. The largest absolute Gasteiger partial charge is 0.391 e. The topological polar surface area (TPSA) is 108 Å². The van der Waals surface area contributed by atoms with E-state index in [-0.39, 0.29) is 18.7 Å². The summed E-state index contributed by atoms with van der Waals surface area (Å²) in [6.45, 7) is 2.26. The summed E-state index contributed by atoms with van der Waals surface area (Å²) >= 11 is 0. The molecule has 8 heteroatoms. The first-order valence-electron chi connectivity index (χ1n) is 10.0.